The number of imidazole rings is 1. The minimum absolute atomic E-state index is 0.00713. The van der Waals surface area contributed by atoms with Crippen LogP contribution in [-0.2, 0) is 11.3 Å². The molecule has 0 unspecified atom stereocenters. The largest absolute Gasteiger partial charge is 0.476 e. The Morgan fingerprint density at radius 2 is 2.03 bits per heavy atom. The third-order valence-electron chi connectivity index (χ3n) is 4.52. The highest BCUT2D eigenvalue weighted by Crippen LogP contribution is 2.31. The molecule has 1 amide bonds. The number of nitrogens with one attached hydrogen (secondary N) is 3. The number of H-pyrrole nitrogens is 2. The summed E-state index contributed by atoms with van der Waals surface area (Å²) < 4.78 is 5.10. The summed E-state index contributed by atoms with van der Waals surface area (Å²) >= 11 is 5.86. The molecule has 0 aliphatic carbocycles. The van der Waals surface area contributed by atoms with Crippen LogP contribution in [0, 0.1) is 10.1 Å². The number of carboxylic acid groups (broad SMARTS) is 1. The Bertz CT molecular complexity index is 1510. The van der Waals surface area contributed by atoms with Crippen molar-refractivity contribution in [2.24, 2.45) is 0 Å². The van der Waals surface area contributed by atoms with Gasteiger partial charge in [0, 0.05) is 23.0 Å². The smallest absolute Gasteiger partial charge is 0.412 e. The van der Waals surface area contributed by atoms with Crippen molar-refractivity contribution >= 4 is 46.1 Å². The standard InChI is InChI=1S/C20H13ClN6O7/c21-9-2-1-3-10(4-9)24-20(31)34-8-11-7-22-17(23-11)12-5-13-14(6-15(12)27(32)33)26-18(28)16(25-13)19(29)30/h1-7H,8H2,(H,22,23)(H,24,31)(H,26,28)(H,29,30). The highest BCUT2D eigenvalue weighted by atomic mass is 35.5. The number of carbonyl (C=O) groups excluding carboxylic acids is 1. The molecule has 2 heterocycles. The van der Waals surface area contributed by atoms with E-state index >= 15 is 0 Å². The fourth-order valence-electron chi connectivity index (χ4n) is 3.04. The molecule has 14 heteroatoms. The number of halogens is 1. The van der Waals surface area contributed by atoms with Crippen molar-refractivity contribution in [1.82, 2.24) is 19.9 Å². The second kappa shape index (κ2) is 8.99. The van der Waals surface area contributed by atoms with Crippen molar-refractivity contribution in [2.75, 3.05) is 5.32 Å². The molecular formula is C20H13ClN6O7. The van der Waals surface area contributed by atoms with Gasteiger partial charge in [-0.05, 0) is 24.3 Å². The van der Waals surface area contributed by atoms with E-state index in [-0.39, 0.29) is 34.7 Å². The van der Waals surface area contributed by atoms with E-state index in [2.05, 4.69) is 25.3 Å². The highest BCUT2D eigenvalue weighted by molar-refractivity contribution is 6.30. The number of hydrogen-bond donors (Lipinski definition) is 4. The Kier molecular flexibility index (Phi) is 5.93. The van der Waals surface area contributed by atoms with Gasteiger partial charge in [-0.2, -0.15) is 0 Å². The summed E-state index contributed by atoms with van der Waals surface area (Å²) in [6.45, 7) is -0.251. The molecule has 2 aromatic heterocycles. The summed E-state index contributed by atoms with van der Waals surface area (Å²) in [5.41, 5.74) is -1.49. The molecule has 0 bridgehead atoms. The van der Waals surface area contributed by atoms with Crippen molar-refractivity contribution in [3.05, 3.63) is 79.5 Å². The van der Waals surface area contributed by atoms with Crippen LogP contribution in [0.2, 0.25) is 5.02 Å². The lowest BCUT2D eigenvalue weighted by molar-refractivity contribution is -0.384. The topological polar surface area (TPSA) is 193 Å². The summed E-state index contributed by atoms with van der Waals surface area (Å²) in [4.78, 5) is 58.9. The van der Waals surface area contributed by atoms with Crippen LogP contribution in [0.25, 0.3) is 22.4 Å². The predicted octanol–water partition coefficient (Wildman–Crippen LogP) is 3.32. The summed E-state index contributed by atoms with van der Waals surface area (Å²) in [5.74, 6) is -1.50. The van der Waals surface area contributed by atoms with E-state index in [0.717, 1.165) is 6.07 Å². The molecule has 0 aliphatic heterocycles. The number of aromatic carboxylic acids is 1. The number of nitro groups is 1. The van der Waals surface area contributed by atoms with E-state index in [1.54, 1.807) is 18.2 Å². The van der Waals surface area contributed by atoms with E-state index in [1.807, 2.05) is 0 Å². The number of rotatable bonds is 6. The molecule has 0 fully saturated rings. The SMILES string of the molecule is O=C(Nc1cccc(Cl)c1)OCc1c[nH]c(-c2cc3nc(C(=O)O)c(=O)[nH]c3cc2[N+](=O)[O-])n1. The molecule has 4 N–H and O–H groups in total. The Hall–Kier alpha value is -4.78. The molecule has 0 saturated carbocycles. The highest BCUT2D eigenvalue weighted by Gasteiger charge is 2.22. The minimum atomic E-state index is -1.54. The lowest BCUT2D eigenvalue weighted by Gasteiger charge is -2.06. The zero-order chi connectivity index (χ0) is 24.4. The van der Waals surface area contributed by atoms with Crippen LogP contribution >= 0.6 is 11.6 Å². The number of carbonyl (C=O) groups is 2. The molecule has 13 nitrogen and oxygen atoms in total. The van der Waals surface area contributed by atoms with Gasteiger partial charge in [0.15, 0.2) is 0 Å². The first-order valence-electron chi connectivity index (χ1n) is 9.41. The van der Waals surface area contributed by atoms with E-state index in [1.165, 1.54) is 18.3 Å². The van der Waals surface area contributed by atoms with Crippen LogP contribution in [0.3, 0.4) is 0 Å². The molecule has 0 atom stereocenters. The van der Waals surface area contributed by atoms with Gasteiger partial charge in [0.2, 0.25) is 5.69 Å². The third-order valence-corrected chi connectivity index (χ3v) is 4.75. The zero-order valence-corrected chi connectivity index (χ0v) is 17.6. The fraction of sp³-hybridized carbons (Fsp3) is 0.0500. The number of ether oxygens (including phenoxy) is 1. The van der Waals surface area contributed by atoms with Gasteiger partial charge in [0.05, 0.1) is 27.2 Å². The Balaban J connectivity index is 1.59. The van der Waals surface area contributed by atoms with E-state index in [0.29, 0.717) is 10.7 Å². The van der Waals surface area contributed by atoms with Crippen molar-refractivity contribution in [1.29, 1.82) is 0 Å². The second-order valence-corrected chi connectivity index (χ2v) is 7.25. The number of nitro benzene ring substituents is 1. The molecule has 0 radical (unpaired) electrons. The van der Waals surface area contributed by atoms with Gasteiger partial charge in [-0.3, -0.25) is 20.2 Å². The summed E-state index contributed by atoms with van der Waals surface area (Å²) in [6, 6.07) is 8.73. The zero-order valence-electron chi connectivity index (χ0n) is 16.9. The predicted molar refractivity (Wildman–Crippen MR) is 119 cm³/mol. The minimum Gasteiger partial charge on any atom is -0.476 e. The first-order chi connectivity index (χ1) is 16.2. The number of anilines is 1. The van der Waals surface area contributed by atoms with Crippen LogP contribution in [0.1, 0.15) is 16.2 Å². The number of aromatic amines is 2. The molecule has 0 spiro atoms. The first kappa shape index (κ1) is 22.4. The number of hydrogen-bond acceptors (Lipinski definition) is 8. The maximum atomic E-state index is 12.0. The number of fused-ring (bicyclic) bond motifs is 1. The number of aromatic nitrogens is 4. The van der Waals surface area contributed by atoms with Crippen LogP contribution in [-0.4, -0.2) is 42.0 Å². The average Bonchev–Trinajstić information content (AvgIpc) is 3.25. The summed E-state index contributed by atoms with van der Waals surface area (Å²) in [6.07, 6.45) is 0.622. The van der Waals surface area contributed by atoms with Gasteiger partial charge in [0.1, 0.15) is 12.4 Å². The van der Waals surface area contributed by atoms with Crippen molar-refractivity contribution in [3.63, 3.8) is 0 Å². The Labute approximate surface area is 193 Å². The number of benzene rings is 2. The van der Waals surface area contributed by atoms with Gasteiger partial charge in [0.25, 0.3) is 11.2 Å². The van der Waals surface area contributed by atoms with Gasteiger partial charge < -0.3 is 19.8 Å². The van der Waals surface area contributed by atoms with Crippen molar-refractivity contribution in [2.45, 2.75) is 6.61 Å². The third kappa shape index (κ3) is 4.68. The van der Waals surface area contributed by atoms with Gasteiger partial charge in [-0.15, -0.1) is 0 Å². The lowest BCUT2D eigenvalue weighted by atomic mass is 10.1. The van der Waals surface area contributed by atoms with Crippen LogP contribution < -0.4 is 10.9 Å². The first-order valence-corrected chi connectivity index (χ1v) is 9.79. The van der Waals surface area contributed by atoms with Gasteiger partial charge >= 0.3 is 12.1 Å². The van der Waals surface area contributed by atoms with Crippen LogP contribution in [0.15, 0.2) is 47.4 Å². The normalized spacial score (nSPS) is 10.7. The van der Waals surface area contributed by atoms with E-state index in [9.17, 15) is 24.5 Å². The molecule has 4 rings (SSSR count). The maximum absolute atomic E-state index is 12.0. The molecule has 34 heavy (non-hydrogen) atoms. The van der Waals surface area contributed by atoms with E-state index < -0.39 is 33.9 Å². The summed E-state index contributed by atoms with van der Waals surface area (Å²) in [7, 11) is 0. The molecule has 2 aromatic carbocycles. The molecule has 0 saturated heterocycles. The van der Waals surface area contributed by atoms with Crippen molar-refractivity contribution in [3.8, 4) is 11.4 Å². The monoisotopic (exact) mass is 484 g/mol. The second-order valence-electron chi connectivity index (χ2n) is 6.82. The van der Waals surface area contributed by atoms with Gasteiger partial charge in [-0.1, -0.05) is 17.7 Å². The maximum Gasteiger partial charge on any atom is 0.412 e. The molecular weight excluding hydrogens is 472 g/mol. The van der Waals surface area contributed by atoms with Crippen LogP contribution in [0.5, 0.6) is 0 Å². The number of carboxylic acids is 1. The quantitative estimate of drug-likeness (QED) is 0.234. The Morgan fingerprint density at radius 1 is 1.24 bits per heavy atom. The summed E-state index contributed by atoms with van der Waals surface area (Å²) in [5, 5.41) is 23.6. The van der Waals surface area contributed by atoms with Gasteiger partial charge in [-0.25, -0.2) is 19.6 Å². The van der Waals surface area contributed by atoms with Crippen molar-refractivity contribution < 1.29 is 24.4 Å². The number of amides is 1. The Morgan fingerprint density at radius 3 is 2.74 bits per heavy atom. The number of nitrogens with zero attached hydrogens (tertiary/aromatic N) is 3. The van der Waals surface area contributed by atoms with E-state index in [4.69, 9.17) is 21.4 Å². The molecule has 4 aromatic rings. The molecule has 172 valence electrons. The average molecular weight is 485 g/mol. The molecule has 0 aliphatic rings. The lowest BCUT2D eigenvalue weighted by Crippen LogP contribution is -2.19. The fourth-order valence-corrected chi connectivity index (χ4v) is 3.23. The van der Waals surface area contributed by atoms with Crippen LogP contribution in [0.4, 0.5) is 16.2 Å².